The summed E-state index contributed by atoms with van der Waals surface area (Å²) in [5, 5.41) is 3.41. The molecule has 3 nitrogen and oxygen atoms in total. The zero-order valence-electron chi connectivity index (χ0n) is 8.54. The molecule has 0 aliphatic heterocycles. The van der Waals surface area contributed by atoms with Crippen molar-refractivity contribution < 1.29 is 0 Å². The predicted octanol–water partition coefficient (Wildman–Crippen LogP) is 1.41. The lowest BCUT2D eigenvalue weighted by molar-refractivity contribution is 0.428. The van der Waals surface area contributed by atoms with Gasteiger partial charge in [0, 0.05) is 30.4 Å². The molecule has 0 aliphatic rings. The third kappa shape index (κ3) is 4.58. The Kier molecular flexibility index (Phi) is 3.37. The van der Waals surface area contributed by atoms with Gasteiger partial charge in [-0.05, 0) is 26.8 Å². The third-order valence-electron chi connectivity index (χ3n) is 1.68. The van der Waals surface area contributed by atoms with Crippen LogP contribution in [0, 0.1) is 0 Å². The van der Waals surface area contributed by atoms with E-state index in [0.29, 0.717) is 0 Å². The molecule has 13 heavy (non-hydrogen) atoms. The summed E-state index contributed by atoms with van der Waals surface area (Å²) in [5.41, 5.74) is 1.28. The van der Waals surface area contributed by atoms with Gasteiger partial charge in [0.15, 0.2) is 0 Å². The quantitative estimate of drug-likeness (QED) is 0.762. The van der Waals surface area contributed by atoms with Crippen LogP contribution in [-0.4, -0.2) is 22.1 Å². The Morgan fingerprint density at radius 3 is 2.69 bits per heavy atom. The first-order chi connectivity index (χ1) is 6.08. The zero-order valence-corrected chi connectivity index (χ0v) is 8.54. The summed E-state index contributed by atoms with van der Waals surface area (Å²) in [4.78, 5) is 8.02. The highest BCUT2D eigenvalue weighted by atomic mass is 14.9. The zero-order chi connectivity index (χ0) is 9.73. The molecule has 0 unspecified atom stereocenters. The topological polar surface area (TPSA) is 37.8 Å². The fraction of sp³-hybridized carbons (Fsp3) is 0.600. The lowest BCUT2D eigenvalue weighted by Gasteiger charge is -2.20. The van der Waals surface area contributed by atoms with Gasteiger partial charge in [-0.15, -0.1) is 0 Å². The summed E-state index contributed by atoms with van der Waals surface area (Å²) >= 11 is 0. The van der Waals surface area contributed by atoms with E-state index >= 15 is 0 Å². The fourth-order valence-electron chi connectivity index (χ4n) is 1.03. The predicted molar refractivity (Wildman–Crippen MR) is 53.5 cm³/mol. The van der Waals surface area contributed by atoms with Crippen LogP contribution < -0.4 is 5.32 Å². The highest BCUT2D eigenvalue weighted by Gasteiger charge is 2.07. The molecule has 0 radical (unpaired) electrons. The Balaban J connectivity index is 2.29. The van der Waals surface area contributed by atoms with E-state index in [1.165, 1.54) is 0 Å². The molecule has 0 aromatic carbocycles. The van der Waals surface area contributed by atoms with Crippen molar-refractivity contribution in [2.45, 2.75) is 32.7 Å². The highest BCUT2D eigenvalue weighted by Crippen LogP contribution is 1.99. The molecule has 1 rings (SSSR count). The molecule has 0 atom stereocenters. The Labute approximate surface area is 79.6 Å². The Hall–Kier alpha value is -0.960. The summed E-state index contributed by atoms with van der Waals surface area (Å²) < 4.78 is 0. The summed E-state index contributed by atoms with van der Waals surface area (Å²) in [7, 11) is 0. The molecule has 0 aliphatic carbocycles. The van der Waals surface area contributed by atoms with Gasteiger partial charge in [-0.2, -0.15) is 0 Å². The van der Waals surface area contributed by atoms with Gasteiger partial charge in [-0.25, -0.2) is 9.97 Å². The Morgan fingerprint density at radius 2 is 2.15 bits per heavy atom. The van der Waals surface area contributed by atoms with Gasteiger partial charge in [0.2, 0.25) is 0 Å². The van der Waals surface area contributed by atoms with Crippen molar-refractivity contribution in [1.82, 2.24) is 15.3 Å². The van der Waals surface area contributed by atoms with Crippen molar-refractivity contribution in [3.05, 3.63) is 24.3 Å². The second kappa shape index (κ2) is 4.33. The highest BCUT2D eigenvalue weighted by molar-refractivity contribution is 4.98. The van der Waals surface area contributed by atoms with E-state index in [4.69, 9.17) is 0 Å². The first-order valence-corrected chi connectivity index (χ1v) is 4.58. The second-order valence-corrected chi connectivity index (χ2v) is 4.13. The summed E-state index contributed by atoms with van der Waals surface area (Å²) in [6.45, 7) is 7.44. The molecular weight excluding hydrogens is 162 g/mol. The van der Waals surface area contributed by atoms with Crippen LogP contribution in [0.1, 0.15) is 26.5 Å². The number of rotatable bonds is 3. The monoisotopic (exact) mass is 179 g/mol. The van der Waals surface area contributed by atoms with Gasteiger partial charge in [0.1, 0.15) is 6.33 Å². The van der Waals surface area contributed by atoms with Crippen LogP contribution >= 0.6 is 0 Å². The number of aromatic nitrogens is 2. The molecule has 1 N–H and O–H groups in total. The SMILES string of the molecule is CC(C)(C)NCCc1ccncn1. The lowest BCUT2D eigenvalue weighted by atomic mass is 10.1. The molecule has 0 bridgehead atoms. The molecule has 0 saturated heterocycles. The summed E-state index contributed by atoms with van der Waals surface area (Å²) in [6.07, 6.45) is 4.33. The molecule has 72 valence electrons. The average molecular weight is 179 g/mol. The smallest absolute Gasteiger partial charge is 0.115 e. The summed E-state index contributed by atoms with van der Waals surface area (Å²) in [5.74, 6) is 0. The molecule has 1 heterocycles. The van der Waals surface area contributed by atoms with Crippen LogP contribution in [0.15, 0.2) is 18.6 Å². The van der Waals surface area contributed by atoms with Gasteiger partial charge >= 0.3 is 0 Å². The van der Waals surface area contributed by atoms with E-state index in [9.17, 15) is 0 Å². The van der Waals surface area contributed by atoms with E-state index in [0.717, 1.165) is 18.7 Å². The van der Waals surface area contributed by atoms with Crippen LogP contribution in [0.5, 0.6) is 0 Å². The normalized spacial score (nSPS) is 11.6. The van der Waals surface area contributed by atoms with Crippen molar-refractivity contribution in [3.63, 3.8) is 0 Å². The molecule has 1 aromatic rings. The number of nitrogens with zero attached hydrogens (tertiary/aromatic N) is 2. The minimum absolute atomic E-state index is 0.188. The van der Waals surface area contributed by atoms with Crippen molar-refractivity contribution in [3.8, 4) is 0 Å². The minimum Gasteiger partial charge on any atom is -0.312 e. The molecule has 0 saturated carbocycles. The maximum absolute atomic E-state index is 4.15. The molecular formula is C10H17N3. The first-order valence-electron chi connectivity index (χ1n) is 4.58. The maximum Gasteiger partial charge on any atom is 0.115 e. The maximum atomic E-state index is 4.15. The van der Waals surface area contributed by atoms with Crippen LogP contribution in [0.25, 0.3) is 0 Å². The summed E-state index contributed by atoms with van der Waals surface area (Å²) in [6, 6.07) is 1.95. The van der Waals surface area contributed by atoms with Gasteiger partial charge in [0.05, 0.1) is 0 Å². The van der Waals surface area contributed by atoms with E-state index in [1.54, 1.807) is 12.5 Å². The Bertz CT molecular complexity index is 238. The van der Waals surface area contributed by atoms with Crippen molar-refractivity contribution in [2.75, 3.05) is 6.54 Å². The molecule has 0 fully saturated rings. The number of hydrogen-bond donors (Lipinski definition) is 1. The van der Waals surface area contributed by atoms with Gasteiger partial charge in [-0.1, -0.05) is 0 Å². The Morgan fingerprint density at radius 1 is 1.38 bits per heavy atom. The van der Waals surface area contributed by atoms with E-state index in [2.05, 4.69) is 36.1 Å². The molecule has 3 heteroatoms. The third-order valence-corrected chi connectivity index (χ3v) is 1.68. The fourth-order valence-corrected chi connectivity index (χ4v) is 1.03. The number of hydrogen-bond acceptors (Lipinski definition) is 3. The minimum atomic E-state index is 0.188. The molecule has 1 aromatic heterocycles. The van der Waals surface area contributed by atoms with Crippen LogP contribution in [0.3, 0.4) is 0 Å². The van der Waals surface area contributed by atoms with Crippen LogP contribution in [0.4, 0.5) is 0 Å². The van der Waals surface area contributed by atoms with E-state index in [-0.39, 0.29) is 5.54 Å². The number of nitrogens with one attached hydrogen (secondary N) is 1. The van der Waals surface area contributed by atoms with E-state index < -0.39 is 0 Å². The van der Waals surface area contributed by atoms with Crippen molar-refractivity contribution >= 4 is 0 Å². The van der Waals surface area contributed by atoms with Crippen LogP contribution in [-0.2, 0) is 6.42 Å². The van der Waals surface area contributed by atoms with Crippen molar-refractivity contribution in [2.24, 2.45) is 0 Å². The lowest BCUT2D eigenvalue weighted by Crippen LogP contribution is -2.37. The van der Waals surface area contributed by atoms with E-state index in [1.807, 2.05) is 6.07 Å². The molecule has 0 amide bonds. The van der Waals surface area contributed by atoms with Gasteiger partial charge in [-0.3, -0.25) is 0 Å². The van der Waals surface area contributed by atoms with Crippen molar-refractivity contribution in [1.29, 1.82) is 0 Å². The van der Waals surface area contributed by atoms with Crippen LogP contribution in [0.2, 0.25) is 0 Å². The van der Waals surface area contributed by atoms with Gasteiger partial charge < -0.3 is 5.32 Å². The first kappa shape index (κ1) is 10.1. The second-order valence-electron chi connectivity index (χ2n) is 4.13. The standard InChI is InChI=1S/C10H17N3/c1-10(2,3)13-7-5-9-4-6-11-8-12-9/h4,6,8,13H,5,7H2,1-3H3. The largest absolute Gasteiger partial charge is 0.312 e. The molecule has 0 spiro atoms. The average Bonchev–Trinajstić information content (AvgIpc) is 2.04. The van der Waals surface area contributed by atoms with Gasteiger partial charge in [0.25, 0.3) is 0 Å².